The molecular weight excluding hydrogens is 487 g/mol. The summed E-state index contributed by atoms with van der Waals surface area (Å²) in [5.74, 6) is 0. The van der Waals surface area contributed by atoms with Gasteiger partial charge >= 0.3 is 0 Å². The molecule has 7 heteroatoms. The fourth-order valence-electron chi connectivity index (χ4n) is 5.29. The maximum absolute atomic E-state index is 8.87. The summed E-state index contributed by atoms with van der Waals surface area (Å²) < 4.78 is 2.84. The fourth-order valence-corrected chi connectivity index (χ4v) is 5.29. The van der Waals surface area contributed by atoms with Gasteiger partial charge in [-0.25, -0.2) is 0 Å². The van der Waals surface area contributed by atoms with Crippen LogP contribution in [0.15, 0.2) is 0 Å². The molecule has 0 spiro atoms. The molecule has 0 radical (unpaired) electrons. The molecular formula is C32H73BN2O4. The van der Waals surface area contributed by atoms with E-state index in [9.17, 15) is 0 Å². The van der Waals surface area contributed by atoms with Crippen molar-refractivity contribution in [3.05, 3.63) is 0 Å². The SMILES string of the molecule is CCCC[N+](CCCC)(CCCC)CCCC.CCCC[N+](CCCC)(CCCC)CCCC.[O-]B([O-])OO. The first-order valence-corrected chi connectivity index (χ1v) is 17.1. The van der Waals surface area contributed by atoms with E-state index >= 15 is 0 Å². The molecule has 0 amide bonds. The predicted octanol–water partition coefficient (Wildman–Crippen LogP) is 7.19. The Hall–Kier alpha value is -0.175. The van der Waals surface area contributed by atoms with Gasteiger partial charge in [0.1, 0.15) is 7.32 Å². The van der Waals surface area contributed by atoms with E-state index in [1.165, 1.54) is 164 Å². The van der Waals surface area contributed by atoms with Crippen LogP contribution in [-0.2, 0) is 4.81 Å². The molecule has 39 heavy (non-hydrogen) atoms. The molecule has 6 nitrogen and oxygen atoms in total. The molecule has 0 aliphatic carbocycles. The number of nitrogens with zero attached hydrogens (tertiary/aromatic N) is 2. The van der Waals surface area contributed by atoms with Gasteiger partial charge in [0, 0.05) is 0 Å². The maximum Gasteiger partial charge on any atom is 0.111 e. The smallest absolute Gasteiger partial charge is 0.111 e. The van der Waals surface area contributed by atoms with Crippen molar-refractivity contribution < 1.29 is 29.1 Å². The van der Waals surface area contributed by atoms with E-state index in [1.54, 1.807) is 0 Å². The summed E-state index contributed by atoms with van der Waals surface area (Å²) in [6.07, 6.45) is 22.1. The summed E-state index contributed by atoms with van der Waals surface area (Å²) in [7, 11) is -2.56. The Kier molecular flexibility index (Phi) is 35.9. The van der Waals surface area contributed by atoms with Gasteiger partial charge in [0.25, 0.3) is 0 Å². The quantitative estimate of drug-likeness (QED) is 0.0555. The summed E-state index contributed by atoms with van der Waals surface area (Å²) in [6.45, 7) is 30.0. The van der Waals surface area contributed by atoms with E-state index in [0.29, 0.717) is 0 Å². The average molecular weight is 561 g/mol. The second kappa shape index (κ2) is 32.3. The first-order chi connectivity index (χ1) is 18.8. The molecule has 0 atom stereocenters. The molecule has 0 heterocycles. The van der Waals surface area contributed by atoms with Gasteiger partial charge in [0.15, 0.2) is 0 Å². The van der Waals surface area contributed by atoms with Crippen LogP contribution in [0.1, 0.15) is 158 Å². The highest BCUT2D eigenvalue weighted by atomic mass is 17.1. The molecule has 0 aromatic rings. The van der Waals surface area contributed by atoms with Crippen LogP contribution in [0.25, 0.3) is 0 Å². The molecule has 0 rings (SSSR count). The molecule has 0 aliphatic heterocycles. The first-order valence-electron chi connectivity index (χ1n) is 17.1. The van der Waals surface area contributed by atoms with Gasteiger partial charge in [-0.3, -0.25) is 5.26 Å². The second-order valence-electron chi connectivity index (χ2n) is 11.7. The Labute approximate surface area is 246 Å². The van der Waals surface area contributed by atoms with Crippen molar-refractivity contribution in [3.8, 4) is 0 Å². The van der Waals surface area contributed by atoms with E-state index in [2.05, 4.69) is 60.2 Å². The molecule has 238 valence electrons. The molecule has 0 aromatic heterocycles. The normalized spacial score (nSPS) is 11.5. The van der Waals surface area contributed by atoms with Gasteiger partial charge in [0.05, 0.1) is 52.4 Å². The Morgan fingerprint density at radius 2 is 0.538 bits per heavy atom. The van der Waals surface area contributed by atoms with Crippen molar-refractivity contribution in [2.24, 2.45) is 0 Å². The van der Waals surface area contributed by atoms with Crippen LogP contribution in [0.5, 0.6) is 0 Å². The minimum Gasteiger partial charge on any atom is -0.868 e. The van der Waals surface area contributed by atoms with Gasteiger partial charge in [-0.2, -0.15) is 0 Å². The average Bonchev–Trinajstić information content (AvgIpc) is 2.96. The molecule has 0 aromatic carbocycles. The van der Waals surface area contributed by atoms with Crippen molar-refractivity contribution in [3.63, 3.8) is 0 Å². The standard InChI is InChI=1S/2C16H36N.BHO4/c2*1-5-9-13-17(14-10-6-2,15-11-7-3)16-12-8-4;2-1(3)5-4/h2*5-16H2,1-4H3;4H/q2*+1;-2. The minimum atomic E-state index is -2.56. The Morgan fingerprint density at radius 3 is 0.615 bits per heavy atom. The van der Waals surface area contributed by atoms with Crippen molar-refractivity contribution >= 4 is 7.32 Å². The summed E-state index contributed by atoms with van der Waals surface area (Å²) >= 11 is 0. The molecule has 0 fully saturated rings. The number of hydrogen-bond donors (Lipinski definition) is 1. The molecule has 0 bridgehead atoms. The van der Waals surface area contributed by atoms with Gasteiger partial charge in [-0.15, -0.1) is 0 Å². The van der Waals surface area contributed by atoms with Gasteiger partial charge in [0.2, 0.25) is 0 Å². The number of rotatable bonds is 25. The summed E-state index contributed by atoms with van der Waals surface area (Å²) in [5, 5.41) is 24.8. The second-order valence-corrected chi connectivity index (χ2v) is 11.7. The first kappa shape index (κ1) is 43.3. The Balaban J connectivity index is -0.000000566. The molecule has 1 N–H and O–H groups in total. The number of unbranched alkanes of at least 4 members (excludes halogenated alkanes) is 8. The Bertz CT molecular complexity index is 345. The lowest BCUT2D eigenvalue weighted by atomic mass is 10.1. The van der Waals surface area contributed by atoms with Crippen LogP contribution in [0.2, 0.25) is 0 Å². The van der Waals surface area contributed by atoms with Crippen LogP contribution in [0, 0.1) is 0 Å². The zero-order valence-electron chi connectivity index (χ0n) is 28.1. The van der Waals surface area contributed by atoms with Crippen LogP contribution in [0.4, 0.5) is 0 Å². The highest BCUT2D eigenvalue weighted by Crippen LogP contribution is 2.17. The highest BCUT2D eigenvalue weighted by molar-refractivity contribution is 6.27. The lowest BCUT2D eigenvalue weighted by molar-refractivity contribution is -0.929. The van der Waals surface area contributed by atoms with Crippen molar-refractivity contribution in [1.29, 1.82) is 0 Å². The summed E-state index contributed by atoms with van der Waals surface area (Å²) in [6, 6.07) is 0. The molecule has 0 unspecified atom stereocenters. The van der Waals surface area contributed by atoms with Crippen LogP contribution in [0.3, 0.4) is 0 Å². The minimum absolute atomic E-state index is 1.35. The number of hydrogen-bond acceptors (Lipinski definition) is 4. The van der Waals surface area contributed by atoms with Gasteiger partial charge < -0.3 is 23.8 Å². The summed E-state index contributed by atoms with van der Waals surface area (Å²) in [5.41, 5.74) is 0. The third-order valence-corrected chi connectivity index (χ3v) is 7.97. The largest absolute Gasteiger partial charge is 0.868 e. The van der Waals surface area contributed by atoms with Crippen molar-refractivity contribution in [2.45, 2.75) is 158 Å². The van der Waals surface area contributed by atoms with Gasteiger partial charge in [-0.1, -0.05) is 107 Å². The van der Waals surface area contributed by atoms with Crippen molar-refractivity contribution in [1.82, 2.24) is 0 Å². The zero-order chi connectivity index (χ0) is 30.3. The third-order valence-electron chi connectivity index (χ3n) is 7.97. The molecule has 0 aliphatic rings. The zero-order valence-corrected chi connectivity index (χ0v) is 28.1. The van der Waals surface area contributed by atoms with E-state index < -0.39 is 7.32 Å². The fraction of sp³-hybridized carbons (Fsp3) is 1.00. The monoisotopic (exact) mass is 561 g/mol. The lowest BCUT2D eigenvalue weighted by Crippen LogP contribution is -2.50. The Morgan fingerprint density at radius 1 is 0.410 bits per heavy atom. The number of quaternary nitrogens is 2. The van der Waals surface area contributed by atoms with Gasteiger partial charge in [-0.05, 0) is 51.4 Å². The third kappa shape index (κ3) is 27.8. The van der Waals surface area contributed by atoms with E-state index in [1.807, 2.05) is 0 Å². The highest BCUT2D eigenvalue weighted by Gasteiger charge is 2.25. The predicted molar refractivity (Wildman–Crippen MR) is 168 cm³/mol. The van der Waals surface area contributed by atoms with E-state index in [-0.39, 0.29) is 0 Å². The van der Waals surface area contributed by atoms with E-state index in [0.717, 1.165) is 0 Å². The molecule has 0 saturated carbocycles. The van der Waals surface area contributed by atoms with E-state index in [4.69, 9.17) is 15.3 Å². The topological polar surface area (TPSA) is 75.6 Å². The summed E-state index contributed by atoms with van der Waals surface area (Å²) in [4.78, 5) is 2.64. The maximum atomic E-state index is 8.87. The lowest BCUT2D eigenvalue weighted by Gasteiger charge is -2.39. The van der Waals surface area contributed by atoms with Crippen LogP contribution in [-0.4, -0.2) is 73.9 Å². The van der Waals surface area contributed by atoms with Crippen LogP contribution >= 0.6 is 0 Å². The molecule has 0 saturated heterocycles. The van der Waals surface area contributed by atoms with Crippen LogP contribution < -0.4 is 10.0 Å². The van der Waals surface area contributed by atoms with Crippen molar-refractivity contribution in [2.75, 3.05) is 52.4 Å².